The molecule has 2 rings (SSSR count). The molecule has 1 unspecified atom stereocenters. The number of benzene rings is 2. The highest BCUT2D eigenvalue weighted by atomic mass is 16.5. The summed E-state index contributed by atoms with van der Waals surface area (Å²) in [5, 5.41) is 0. The maximum absolute atomic E-state index is 11.3. The number of carbonyl (C=O) groups is 1. The molecule has 0 bridgehead atoms. The largest absolute Gasteiger partial charge is 0.497 e. The van der Waals surface area contributed by atoms with Crippen molar-refractivity contribution in [1.29, 1.82) is 0 Å². The smallest absolute Gasteiger partial charge is 0.127 e. The molecule has 0 radical (unpaired) electrons. The van der Waals surface area contributed by atoms with Gasteiger partial charge in [0.05, 0.1) is 7.11 Å². The van der Waals surface area contributed by atoms with Gasteiger partial charge in [0.2, 0.25) is 0 Å². The van der Waals surface area contributed by atoms with Gasteiger partial charge in [0.25, 0.3) is 0 Å². The summed E-state index contributed by atoms with van der Waals surface area (Å²) in [6.07, 6.45) is 0.982. The molecule has 2 aromatic rings. The molecule has 1 atom stereocenters. The normalized spacial score (nSPS) is 12.5. The lowest BCUT2D eigenvalue weighted by Gasteiger charge is -2.21. The fourth-order valence-electron chi connectivity index (χ4n) is 3.11. The minimum atomic E-state index is -0.146. The molecule has 2 heteroatoms. The lowest BCUT2D eigenvalue weighted by molar-refractivity contribution is -0.108. The van der Waals surface area contributed by atoms with E-state index in [9.17, 15) is 4.79 Å². The van der Waals surface area contributed by atoms with Crippen molar-refractivity contribution in [2.45, 2.75) is 52.4 Å². The highest BCUT2D eigenvalue weighted by molar-refractivity contribution is 5.75. The maximum atomic E-state index is 11.3. The highest BCUT2D eigenvalue weighted by Crippen LogP contribution is 2.38. The molecule has 0 aliphatic rings. The first-order valence-electron chi connectivity index (χ1n) is 8.66. The molecule has 128 valence electrons. The molecule has 2 nitrogen and oxygen atoms in total. The molecule has 2 aromatic carbocycles. The number of rotatable bonds is 6. The van der Waals surface area contributed by atoms with Crippen molar-refractivity contribution in [2.24, 2.45) is 0 Å². The maximum Gasteiger partial charge on any atom is 0.127 e. The zero-order chi connectivity index (χ0) is 17.9. The SMILES string of the molecule is COc1cc(-c2c(C(C)C)cccc2C(C)C)cc(C(C)C=O)c1. The Hall–Kier alpha value is -2.09. The number of hydrogen-bond acceptors (Lipinski definition) is 2. The Balaban J connectivity index is 2.77. The Labute approximate surface area is 145 Å². The third-order valence-corrected chi connectivity index (χ3v) is 4.56. The van der Waals surface area contributed by atoms with Gasteiger partial charge in [-0.15, -0.1) is 0 Å². The third kappa shape index (κ3) is 3.69. The van der Waals surface area contributed by atoms with Gasteiger partial charge >= 0.3 is 0 Å². The summed E-state index contributed by atoms with van der Waals surface area (Å²) < 4.78 is 5.50. The van der Waals surface area contributed by atoms with Gasteiger partial charge in [-0.05, 0) is 51.8 Å². The van der Waals surface area contributed by atoms with Crippen molar-refractivity contribution in [3.63, 3.8) is 0 Å². The number of carbonyl (C=O) groups excluding carboxylic acids is 1. The summed E-state index contributed by atoms with van der Waals surface area (Å²) in [7, 11) is 1.67. The first kappa shape index (κ1) is 18.3. The van der Waals surface area contributed by atoms with Gasteiger partial charge in [-0.3, -0.25) is 0 Å². The Morgan fingerprint density at radius 1 is 0.917 bits per heavy atom. The van der Waals surface area contributed by atoms with Gasteiger partial charge in [0.15, 0.2) is 0 Å². The van der Waals surface area contributed by atoms with Gasteiger partial charge in [-0.2, -0.15) is 0 Å². The van der Waals surface area contributed by atoms with Gasteiger partial charge in [0.1, 0.15) is 12.0 Å². The standard InChI is InChI=1S/C22H28O2/c1-14(2)20-8-7-9-21(15(3)4)22(20)18-10-17(16(5)13-23)11-19(12-18)24-6/h7-16H,1-6H3. The third-order valence-electron chi connectivity index (χ3n) is 4.56. The van der Waals surface area contributed by atoms with Crippen LogP contribution in [0, 0.1) is 0 Å². The van der Waals surface area contributed by atoms with E-state index in [1.165, 1.54) is 16.7 Å². The fraction of sp³-hybridized carbons (Fsp3) is 0.409. The second-order valence-corrected chi connectivity index (χ2v) is 7.04. The predicted octanol–water partition coefficient (Wildman–Crippen LogP) is 5.91. The summed E-state index contributed by atoms with van der Waals surface area (Å²) >= 11 is 0. The Morgan fingerprint density at radius 3 is 1.96 bits per heavy atom. The van der Waals surface area contributed by atoms with E-state index < -0.39 is 0 Å². The summed E-state index contributed by atoms with van der Waals surface area (Å²) in [5.74, 6) is 1.51. The molecule has 24 heavy (non-hydrogen) atoms. The van der Waals surface area contributed by atoms with Crippen LogP contribution < -0.4 is 4.74 Å². The van der Waals surface area contributed by atoms with Gasteiger partial charge < -0.3 is 9.53 Å². The van der Waals surface area contributed by atoms with Crippen molar-refractivity contribution in [1.82, 2.24) is 0 Å². The molecule has 0 spiro atoms. The van der Waals surface area contributed by atoms with E-state index in [1.54, 1.807) is 7.11 Å². The molecule has 0 saturated carbocycles. The molecule has 0 N–H and O–H groups in total. The van der Waals surface area contributed by atoms with Crippen LogP contribution >= 0.6 is 0 Å². The number of ether oxygens (including phenoxy) is 1. The first-order valence-corrected chi connectivity index (χ1v) is 8.66. The van der Waals surface area contributed by atoms with Crippen molar-refractivity contribution in [3.8, 4) is 16.9 Å². The molecule has 0 heterocycles. The molecule has 0 aliphatic carbocycles. The second-order valence-electron chi connectivity index (χ2n) is 7.04. The Bertz CT molecular complexity index is 688. The zero-order valence-electron chi connectivity index (χ0n) is 15.6. The topological polar surface area (TPSA) is 26.3 Å². The lowest BCUT2D eigenvalue weighted by atomic mass is 9.84. The number of methoxy groups -OCH3 is 1. The van der Waals surface area contributed by atoms with Crippen LogP contribution in [0.2, 0.25) is 0 Å². The van der Waals surface area contributed by atoms with Crippen LogP contribution in [-0.4, -0.2) is 13.4 Å². The Kier molecular flexibility index (Phi) is 5.82. The van der Waals surface area contributed by atoms with Gasteiger partial charge in [-0.1, -0.05) is 58.9 Å². The quantitative estimate of drug-likeness (QED) is 0.617. The highest BCUT2D eigenvalue weighted by Gasteiger charge is 2.17. The van der Waals surface area contributed by atoms with E-state index in [1.807, 2.05) is 13.0 Å². The van der Waals surface area contributed by atoms with Crippen LogP contribution in [-0.2, 0) is 4.79 Å². The molecule has 0 amide bonds. The summed E-state index contributed by atoms with van der Waals surface area (Å²) in [6.45, 7) is 10.8. The van der Waals surface area contributed by atoms with Crippen LogP contribution in [0.4, 0.5) is 0 Å². The van der Waals surface area contributed by atoms with Crippen LogP contribution in [0.15, 0.2) is 36.4 Å². The van der Waals surface area contributed by atoms with Crippen LogP contribution in [0.3, 0.4) is 0 Å². The number of aldehydes is 1. The fourth-order valence-corrected chi connectivity index (χ4v) is 3.11. The molecule has 0 aliphatic heterocycles. The van der Waals surface area contributed by atoms with E-state index in [0.29, 0.717) is 11.8 Å². The lowest BCUT2D eigenvalue weighted by Crippen LogP contribution is -2.02. The van der Waals surface area contributed by atoms with Gasteiger partial charge in [0, 0.05) is 5.92 Å². The van der Waals surface area contributed by atoms with Crippen LogP contribution in [0.1, 0.15) is 69.1 Å². The molecule has 0 saturated heterocycles. The van der Waals surface area contributed by atoms with Crippen molar-refractivity contribution < 1.29 is 9.53 Å². The monoisotopic (exact) mass is 324 g/mol. The zero-order valence-corrected chi connectivity index (χ0v) is 15.6. The molecule has 0 fully saturated rings. The van der Waals surface area contributed by atoms with E-state index in [0.717, 1.165) is 23.2 Å². The first-order chi connectivity index (χ1) is 11.4. The van der Waals surface area contributed by atoms with E-state index in [4.69, 9.17) is 4.74 Å². The van der Waals surface area contributed by atoms with Crippen LogP contribution in [0.5, 0.6) is 5.75 Å². The van der Waals surface area contributed by atoms with E-state index in [2.05, 4.69) is 58.0 Å². The average molecular weight is 324 g/mol. The Morgan fingerprint density at radius 2 is 1.50 bits per heavy atom. The minimum Gasteiger partial charge on any atom is -0.497 e. The van der Waals surface area contributed by atoms with Crippen molar-refractivity contribution in [3.05, 3.63) is 53.1 Å². The van der Waals surface area contributed by atoms with Crippen LogP contribution in [0.25, 0.3) is 11.1 Å². The number of hydrogen-bond donors (Lipinski definition) is 0. The minimum absolute atomic E-state index is 0.146. The molecular formula is C22H28O2. The van der Waals surface area contributed by atoms with Crippen molar-refractivity contribution >= 4 is 6.29 Å². The average Bonchev–Trinajstić information content (AvgIpc) is 2.59. The summed E-state index contributed by atoms with van der Waals surface area (Å²) in [4.78, 5) is 11.3. The van der Waals surface area contributed by atoms with Gasteiger partial charge in [-0.25, -0.2) is 0 Å². The van der Waals surface area contributed by atoms with E-state index in [-0.39, 0.29) is 5.92 Å². The molecule has 0 aromatic heterocycles. The summed E-state index contributed by atoms with van der Waals surface area (Å²) in [6, 6.07) is 12.7. The van der Waals surface area contributed by atoms with E-state index >= 15 is 0 Å². The second kappa shape index (κ2) is 7.65. The predicted molar refractivity (Wildman–Crippen MR) is 101 cm³/mol. The van der Waals surface area contributed by atoms with Crippen molar-refractivity contribution in [2.75, 3.05) is 7.11 Å². The molecular weight excluding hydrogens is 296 g/mol. The summed E-state index contributed by atoms with van der Waals surface area (Å²) in [5.41, 5.74) is 6.07.